The third-order valence-corrected chi connectivity index (χ3v) is 4.92. The van der Waals surface area contributed by atoms with Crippen molar-refractivity contribution in [3.63, 3.8) is 0 Å². The maximum absolute atomic E-state index is 6.33. The van der Waals surface area contributed by atoms with Crippen LogP contribution in [-0.4, -0.2) is 40.8 Å². The summed E-state index contributed by atoms with van der Waals surface area (Å²) in [6.07, 6.45) is 4.33. The smallest absolute Gasteiger partial charge is 0.149 e. The van der Waals surface area contributed by atoms with Crippen molar-refractivity contribution in [1.82, 2.24) is 15.1 Å². The summed E-state index contributed by atoms with van der Waals surface area (Å²) in [5.74, 6) is 1.40. The van der Waals surface area contributed by atoms with Gasteiger partial charge < -0.3 is 16.2 Å². The maximum Gasteiger partial charge on any atom is 0.149 e. The molecule has 2 aromatic rings. The molecule has 0 unspecified atom stereocenters. The van der Waals surface area contributed by atoms with Crippen molar-refractivity contribution in [3.8, 4) is 17.0 Å². The molecule has 4 N–H and O–H groups in total. The molecule has 0 saturated carbocycles. The Labute approximate surface area is 135 Å². The Morgan fingerprint density at radius 2 is 1.91 bits per heavy atom. The summed E-state index contributed by atoms with van der Waals surface area (Å²) in [7, 11) is 0. The van der Waals surface area contributed by atoms with E-state index in [1.54, 1.807) is 12.3 Å². The Bertz CT molecular complexity index is 712. The lowest BCUT2D eigenvalue weighted by atomic mass is 9.86. The van der Waals surface area contributed by atoms with Crippen LogP contribution >= 0.6 is 0 Å². The summed E-state index contributed by atoms with van der Waals surface area (Å²) in [4.78, 5) is 2.47. The van der Waals surface area contributed by atoms with E-state index >= 15 is 0 Å². The molecule has 6 nitrogen and oxygen atoms in total. The minimum Gasteiger partial charge on any atom is -0.486 e. The first-order valence-electron chi connectivity index (χ1n) is 8.07. The van der Waals surface area contributed by atoms with Gasteiger partial charge in [0.2, 0.25) is 0 Å². The number of anilines is 2. The second-order valence-electron chi connectivity index (χ2n) is 6.38. The van der Waals surface area contributed by atoms with Crippen molar-refractivity contribution in [2.75, 3.05) is 31.1 Å². The normalized spacial score (nSPS) is 26.2. The monoisotopic (exact) mass is 311 g/mol. The van der Waals surface area contributed by atoms with Gasteiger partial charge in [0.1, 0.15) is 17.5 Å². The summed E-state index contributed by atoms with van der Waals surface area (Å²) in [6.45, 7) is 3.39. The molecular formula is C17H21N5O. The number of hydrogen-bond acceptors (Lipinski definition) is 6. The number of nitrogens with two attached hydrogens (primary N) is 2. The summed E-state index contributed by atoms with van der Waals surface area (Å²) in [5.41, 5.74) is 14.4. The van der Waals surface area contributed by atoms with Crippen molar-refractivity contribution in [2.45, 2.75) is 18.9 Å². The van der Waals surface area contributed by atoms with E-state index in [4.69, 9.17) is 16.2 Å². The second kappa shape index (κ2) is 5.70. The fourth-order valence-corrected chi connectivity index (χ4v) is 3.54. The lowest BCUT2D eigenvalue weighted by Crippen LogP contribution is -2.52. The highest BCUT2D eigenvalue weighted by atomic mass is 16.5. The quantitative estimate of drug-likeness (QED) is 0.840. The number of benzene rings is 1. The second-order valence-corrected chi connectivity index (χ2v) is 6.38. The van der Waals surface area contributed by atoms with Crippen LogP contribution in [0.5, 0.6) is 5.75 Å². The highest BCUT2D eigenvalue weighted by Gasteiger charge is 2.36. The third kappa shape index (κ3) is 2.70. The molecule has 4 heterocycles. The number of fused-ring (bicyclic) bond motifs is 3. The molecule has 3 saturated heterocycles. The first-order chi connectivity index (χ1) is 11.2. The number of hydrogen-bond donors (Lipinski definition) is 2. The Hall–Kier alpha value is -2.34. The molecule has 1 aromatic carbocycles. The molecule has 3 aliphatic rings. The molecule has 23 heavy (non-hydrogen) atoms. The predicted octanol–water partition coefficient (Wildman–Crippen LogP) is 1.78. The lowest BCUT2D eigenvalue weighted by Gasteiger charge is -2.44. The van der Waals surface area contributed by atoms with Crippen LogP contribution in [0.15, 0.2) is 30.5 Å². The minimum atomic E-state index is 0.228. The third-order valence-electron chi connectivity index (χ3n) is 4.92. The Balaban J connectivity index is 1.63. The van der Waals surface area contributed by atoms with Crippen LogP contribution in [0.1, 0.15) is 12.8 Å². The molecule has 1 aromatic heterocycles. The molecular weight excluding hydrogens is 290 g/mol. The zero-order valence-electron chi connectivity index (χ0n) is 13.0. The van der Waals surface area contributed by atoms with Crippen LogP contribution in [-0.2, 0) is 0 Å². The van der Waals surface area contributed by atoms with Crippen molar-refractivity contribution in [1.29, 1.82) is 0 Å². The van der Waals surface area contributed by atoms with Crippen molar-refractivity contribution >= 4 is 11.4 Å². The number of nitrogens with zero attached hydrogens (tertiary/aromatic N) is 3. The van der Waals surface area contributed by atoms with E-state index < -0.39 is 0 Å². The van der Waals surface area contributed by atoms with E-state index in [1.807, 2.05) is 18.2 Å². The van der Waals surface area contributed by atoms with Gasteiger partial charge in [-0.25, -0.2) is 0 Å². The van der Waals surface area contributed by atoms with Gasteiger partial charge in [0, 0.05) is 18.2 Å². The fraction of sp³-hybridized carbons (Fsp3) is 0.412. The molecule has 3 aliphatic heterocycles. The molecule has 0 spiro atoms. The minimum absolute atomic E-state index is 0.228. The molecule has 2 bridgehead atoms. The van der Waals surface area contributed by atoms with Crippen LogP contribution in [0.2, 0.25) is 0 Å². The first-order valence-corrected chi connectivity index (χ1v) is 8.07. The van der Waals surface area contributed by atoms with Gasteiger partial charge in [-0.3, -0.25) is 4.90 Å². The summed E-state index contributed by atoms with van der Waals surface area (Å²) >= 11 is 0. The number of ether oxygens (including phenoxy) is 1. The van der Waals surface area contributed by atoms with Gasteiger partial charge in [0.05, 0.1) is 17.6 Å². The van der Waals surface area contributed by atoms with E-state index in [9.17, 15) is 0 Å². The number of piperidine rings is 3. The van der Waals surface area contributed by atoms with Crippen LogP contribution in [0.3, 0.4) is 0 Å². The standard InChI is InChI=1S/C17H21N5O/c18-13-2-1-12(9-14(13)19)17-15(3-6-20-21-17)23-16-10-22-7-4-11(16)5-8-22/h1-3,6,9,11,16H,4-5,7-8,10,18-19H2/t16-/m0/s1. The Morgan fingerprint density at radius 1 is 1.09 bits per heavy atom. The largest absolute Gasteiger partial charge is 0.486 e. The highest BCUT2D eigenvalue weighted by molar-refractivity contribution is 5.75. The van der Waals surface area contributed by atoms with Gasteiger partial charge in [-0.1, -0.05) is 6.07 Å². The van der Waals surface area contributed by atoms with Crippen molar-refractivity contribution in [2.24, 2.45) is 5.92 Å². The van der Waals surface area contributed by atoms with Gasteiger partial charge in [-0.05, 0) is 44.0 Å². The topological polar surface area (TPSA) is 90.3 Å². The molecule has 3 fully saturated rings. The molecule has 1 atom stereocenters. The van der Waals surface area contributed by atoms with Gasteiger partial charge in [-0.2, -0.15) is 5.10 Å². The summed E-state index contributed by atoms with van der Waals surface area (Å²) in [5, 5.41) is 8.26. The van der Waals surface area contributed by atoms with Crippen LogP contribution in [0, 0.1) is 5.92 Å². The van der Waals surface area contributed by atoms with Crippen molar-refractivity contribution < 1.29 is 4.74 Å². The number of aromatic nitrogens is 2. The van der Waals surface area contributed by atoms with Gasteiger partial charge in [0.15, 0.2) is 0 Å². The number of rotatable bonds is 3. The molecule has 0 radical (unpaired) electrons. The highest BCUT2D eigenvalue weighted by Crippen LogP contribution is 2.35. The van der Waals surface area contributed by atoms with Crippen molar-refractivity contribution in [3.05, 3.63) is 30.5 Å². The van der Waals surface area contributed by atoms with Gasteiger partial charge >= 0.3 is 0 Å². The Kier molecular flexibility index (Phi) is 3.53. The molecule has 0 amide bonds. The summed E-state index contributed by atoms with van der Waals surface area (Å²) < 4.78 is 6.33. The number of nitrogen functional groups attached to an aromatic ring is 2. The Morgan fingerprint density at radius 3 is 2.61 bits per heavy atom. The van der Waals surface area contributed by atoms with E-state index in [1.165, 1.54) is 25.9 Å². The first kappa shape index (κ1) is 14.3. The summed E-state index contributed by atoms with van der Waals surface area (Å²) in [6, 6.07) is 7.39. The molecule has 0 aliphatic carbocycles. The van der Waals surface area contributed by atoms with Gasteiger partial charge in [-0.15, -0.1) is 5.10 Å². The fourth-order valence-electron chi connectivity index (χ4n) is 3.54. The van der Waals surface area contributed by atoms with Crippen LogP contribution in [0.4, 0.5) is 11.4 Å². The van der Waals surface area contributed by atoms with Crippen LogP contribution < -0.4 is 16.2 Å². The van der Waals surface area contributed by atoms with Crippen LogP contribution in [0.25, 0.3) is 11.3 Å². The average molecular weight is 311 g/mol. The molecule has 120 valence electrons. The maximum atomic E-state index is 6.33. The SMILES string of the molecule is Nc1ccc(-c2nnccc2O[C@H]2CN3CCC2CC3)cc1N. The zero-order valence-corrected chi connectivity index (χ0v) is 13.0. The predicted molar refractivity (Wildman–Crippen MR) is 89.9 cm³/mol. The van der Waals surface area contributed by atoms with E-state index in [-0.39, 0.29) is 6.10 Å². The van der Waals surface area contributed by atoms with E-state index in [0.29, 0.717) is 17.3 Å². The average Bonchev–Trinajstić information content (AvgIpc) is 2.59. The van der Waals surface area contributed by atoms with Gasteiger partial charge in [0.25, 0.3) is 0 Å². The zero-order chi connectivity index (χ0) is 15.8. The molecule has 5 rings (SSSR count). The van der Waals surface area contributed by atoms with E-state index in [2.05, 4.69) is 15.1 Å². The lowest BCUT2D eigenvalue weighted by molar-refractivity contribution is -0.00768. The van der Waals surface area contributed by atoms with E-state index in [0.717, 1.165) is 23.6 Å². The molecule has 6 heteroatoms.